The molecule has 0 radical (unpaired) electrons. The molecule has 0 aliphatic rings. The molecule has 6 nitrogen and oxygen atoms in total. The highest BCUT2D eigenvalue weighted by Gasteiger charge is 2.30. The molecular weight excluding hydrogens is 421 g/mol. The van der Waals surface area contributed by atoms with Crippen LogP contribution in [0.2, 0.25) is 5.02 Å². The zero-order valence-corrected chi connectivity index (χ0v) is 16.1. The first kappa shape index (κ1) is 20.0. The van der Waals surface area contributed by atoms with E-state index in [1.807, 2.05) is 0 Å². The lowest BCUT2D eigenvalue weighted by molar-refractivity contribution is -0.137. The second-order valence-electron chi connectivity index (χ2n) is 6.39. The summed E-state index contributed by atoms with van der Waals surface area (Å²) >= 11 is 5.82. The van der Waals surface area contributed by atoms with Crippen LogP contribution in [0.3, 0.4) is 0 Å². The van der Waals surface area contributed by atoms with Crippen LogP contribution in [0.15, 0.2) is 65.8 Å². The molecule has 0 bridgehead atoms. The van der Waals surface area contributed by atoms with Crippen molar-refractivity contribution >= 4 is 22.6 Å². The molecule has 30 heavy (non-hydrogen) atoms. The normalized spacial score (nSPS) is 11.7. The summed E-state index contributed by atoms with van der Waals surface area (Å²) < 4.78 is 47.1. The maximum absolute atomic E-state index is 13.0. The predicted molar refractivity (Wildman–Crippen MR) is 105 cm³/mol. The molecular formula is C20H14ClF3N4O2. The van der Waals surface area contributed by atoms with Gasteiger partial charge in [-0.25, -0.2) is 9.67 Å². The molecule has 0 atom stereocenters. The minimum absolute atomic E-state index is 0.163. The Labute approximate surface area is 173 Å². The van der Waals surface area contributed by atoms with Gasteiger partial charge in [-0.3, -0.25) is 9.36 Å². The van der Waals surface area contributed by atoms with Crippen molar-refractivity contribution in [2.24, 2.45) is 0 Å². The van der Waals surface area contributed by atoms with E-state index in [0.717, 1.165) is 12.1 Å². The molecule has 2 aromatic carbocycles. The van der Waals surface area contributed by atoms with Gasteiger partial charge in [0, 0.05) is 5.02 Å². The van der Waals surface area contributed by atoms with Crippen LogP contribution in [0.5, 0.6) is 5.75 Å². The summed E-state index contributed by atoms with van der Waals surface area (Å²) in [5, 5.41) is 4.84. The lowest BCUT2D eigenvalue weighted by Gasteiger charge is -2.10. The molecule has 0 saturated heterocycles. The van der Waals surface area contributed by atoms with E-state index in [1.165, 1.54) is 33.9 Å². The van der Waals surface area contributed by atoms with Crippen molar-refractivity contribution in [1.82, 2.24) is 19.3 Å². The van der Waals surface area contributed by atoms with E-state index in [4.69, 9.17) is 16.3 Å². The summed E-state index contributed by atoms with van der Waals surface area (Å²) in [4.78, 5) is 16.9. The third-order valence-electron chi connectivity index (χ3n) is 4.39. The van der Waals surface area contributed by atoms with E-state index in [1.54, 1.807) is 24.3 Å². The fourth-order valence-electron chi connectivity index (χ4n) is 2.90. The Morgan fingerprint density at radius 2 is 1.87 bits per heavy atom. The molecule has 0 fully saturated rings. The van der Waals surface area contributed by atoms with Crippen LogP contribution in [-0.2, 0) is 12.7 Å². The lowest BCUT2D eigenvalue weighted by atomic mass is 10.2. The lowest BCUT2D eigenvalue weighted by Crippen LogP contribution is -2.23. The topological polar surface area (TPSA) is 61.9 Å². The van der Waals surface area contributed by atoms with Gasteiger partial charge in [0.1, 0.15) is 24.1 Å². The molecule has 0 unspecified atom stereocenters. The molecule has 0 saturated carbocycles. The van der Waals surface area contributed by atoms with Gasteiger partial charge < -0.3 is 4.74 Å². The standard InChI is InChI=1S/C20H14ClF3N4O2/c21-14-4-6-16(7-5-14)30-9-8-27-12-25-18-17(19(27)29)11-26-28(18)15-3-1-2-13(10-15)20(22,23)24/h1-7,10-12H,8-9H2. The number of ether oxygens (including phenoxy) is 1. The Hall–Kier alpha value is -3.33. The zero-order valence-electron chi connectivity index (χ0n) is 15.3. The first-order valence-corrected chi connectivity index (χ1v) is 9.20. The van der Waals surface area contributed by atoms with Gasteiger partial charge in [0.05, 0.1) is 24.0 Å². The molecule has 0 N–H and O–H groups in total. The highest BCUT2D eigenvalue weighted by molar-refractivity contribution is 6.30. The van der Waals surface area contributed by atoms with E-state index in [9.17, 15) is 18.0 Å². The summed E-state index contributed by atoms with van der Waals surface area (Å²) in [7, 11) is 0. The molecule has 0 aliphatic heterocycles. The number of halogens is 4. The van der Waals surface area contributed by atoms with E-state index in [2.05, 4.69) is 10.1 Å². The molecule has 0 amide bonds. The summed E-state index contributed by atoms with van der Waals surface area (Å²) in [5.41, 5.74) is -0.834. The van der Waals surface area contributed by atoms with Crippen LogP contribution < -0.4 is 10.3 Å². The first-order chi connectivity index (χ1) is 14.3. The van der Waals surface area contributed by atoms with Gasteiger partial charge in [0.2, 0.25) is 0 Å². The van der Waals surface area contributed by atoms with Gasteiger partial charge in [-0.1, -0.05) is 17.7 Å². The third kappa shape index (κ3) is 4.02. The van der Waals surface area contributed by atoms with Gasteiger partial charge >= 0.3 is 6.18 Å². The third-order valence-corrected chi connectivity index (χ3v) is 4.64. The zero-order chi connectivity index (χ0) is 21.3. The molecule has 4 rings (SSSR count). The number of rotatable bonds is 5. The van der Waals surface area contributed by atoms with Crippen LogP contribution in [0.25, 0.3) is 16.7 Å². The number of aromatic nitrogens is 4. The Morgan fingerprint density at radius 3 is 2.60 bits per heavy atom. The SMILES string of the molecule is O=c1c2cnn(-c3cccc(C(F)(F)F)c3)c2ncn1CCOc1ccc(Cl)cc1. The summed E-state index contributed by atoms with van der Waals surface area (Å²) in [6, 6.07) is 11.5. The van der Waals surface area contributed by atoms with Gasteiger partial charge in [0.15, 0.2) is 5.65 Å². The highest BCUT2D eigenvalue weighted by atomic mass is 35.5. The smallest absolute Gasteiger partial charge is 0.416 e. The average Bonchev–Trinajstić information content (AvgIpc) is 3.15. The van der Waals surface area contributed by atoms with Gasteiger partial charge in [-0.05, 0) is 42.5 Å². The highest BCUT2D eigenvalue weighted by Crippen LogP contribution is 2.30. The Kier molecular flexibility index (Phi) is 5.21. The average molecular weight is 435 g/mol. The molecule has 0 spiro atoms. The van der Waals surface area contributed by atoms with Crippen LogP contribution in [0, 0.1) is 0 Å². The number of benzene rings is 2. The van der Waals surface area contributed by atoms with Crippen molar-refractivity contribution in [3.63, 3.8) is 0 Å². The minimum atomic E-state index is -4.48. The van der Waals surface area contributed by atoms with Crippen molar-refractivity contribution < 1.29 is 17.9 Å². The summed E-state index contributed by atoms with van der Waals surface area (Å²) in [5.74, 6) is 0.610. The second-order valence-corrected chi connectivity index (χ2v) is 6.82. The molecule has 10 heteroatoms. The first-order valence-electron chi connectivity index (χ1n) is 8.82. The molecule has 154 valence electrons. The van der Waals surface area contributed by atoms with Crippen molar-refractivity contribution in [3.05, 3.63) is 82.0 Å². The van der Waals surface area contributed by atoms with Gasteiger partial charge in [-0.2, -0.15) is 18.3 Å². The Morgan fingerprint density at radius 1 is 1.10 bits per heavy atom. The quantitative estimate of drug-likeness (QED) is 0.469. The van der Waals surface area contributed by atoms with E-state index in [0.29, 0.717) is 10.8 Å². The molecule has 2 heterocycles. The van der Waals surface area contributed by atoms with E-state index in [-0.39, 0.29) is 35.4 Å². The van der Waals surface area contributed by atoms with Crippen LogP contribution in [-0.4, -0.2) is 25.9 Å². The summed E-state index contributed by atoms with van der Waals surface area (Å²) in [6.45, 7) is 0.454. The maximum Gasteiger partial charge on any atom is 0.416 e. The summed E-state index contributed by atoms with van der Waals surface area (Å²) in [6.07, 6.45) is -1.87. The van der Waals surface area contributed by atoms with Crippen LogP contribution in [0.1, 0.15) is 5.56 Å². The monoisotopic (exact) mass is 434 g/mol. The van der Waals surface area contributed by atoms with Crippen molar-refractivity contribution in [1.29, 1.82) is 0 Å². The fourth-order valence-corrected chi connectivity index (χ4v) is 3.03. The number of alkyl halides is 3. The second kappa shape index (κ2) is 7.83. The Bertz CT molecular complexity index is 1250. The largest absolute Gasteiger partial charge is 0.492 e. The fraction of sp³-hybridized carbons (Fsp3) is 0.150. The number of fused-ring (bicyclic) bond motifs is 1. The predicted octanol–water partition coefficient (Wildman–Crippen LogP) is 4.33. The minimum Gasteiger partial charge on any atom is -0.492 e. The van der Waals surface area contributed by atoms with Crippen LogP contribution >= 0.6 is 11.6 Å². The van der Waals surface area contributed by atoms with E-state index >= 15 is 0 Å². The molecule has 0 aliphatic carbocycles. The number of hydrogen-bond acceptors (Lipinski definition) is 4. The van der Waals surface area contributed by atoms with Crippen molar-refractivity contribution in [3.8, 4) is 11.4 Å². The van der Waals surface area contributed by atoms with E-state index < -0.39 is 11.7 Å². The molecule has 4 aromatic rings. The van der Waals surface area contributed by atoms with Gasteiger partial charge in [-0.15, -0.1) is 0 Å². The van der Waals surface area contributed by atoms with Crippen molar-refractivity contribution in [2.45, 2.75) is 12.7 Å². The number of nitrogens with zero attached hydrogens (tertiary/aromatic N) is 4. The molecule has 2 aromatic heterocycles. The van der Waals surface area contributed by atoms with Crippen molar-refractivity contribution in [2.75, 3.05) is 6.61 Å². The van der Waals surface area contributed by atoms with Crippen LogP contribution in [0.4, 0.5) is 13.2 Å². The maximum atomic E-state index is 13.0. The van der Waals surface area contributed by atoms with Gasteiger partial charge in [0.25, 0.3) is 5.56 Å². The number of hydrogen-bond donors (Lipinski definition) is 0. The Balaban J connectivity index is 1.57.